The van der Waals surface area contributed by atoms with E-state index in [1.165, 1.54) is 10.7 Å². The number of aldehydes is 1. The van der Waals surface area contributed by atoms with Gasteiger partial charge in [0, 0.05) is 25.1 Å². The number of rotatable bonds is 6. The maximum Gasteiger partial charge on any atom is 0.271 e. The third-order valence-electron chi connectivity index (χ3n) is 4.42. The molecule has 1 saturated carbocycles. The van der Waals surface area contributed by atoms with Crippen LogP contribution >= 0.6 is 11.6 Å². The van der Waals surface area contributed by atoms with Crippen LogP contribution in [0.5, 0.6) is 0 Å². The van der Waals surface area contributed by atoms with Crippen LogP contribution in [0.15, 0.2) is 30.5 Å². The van der Waals surface area contributed by atoms with Gasteiger partial charge >= 0.3 is 0 Å². The predicted octanol–water partition coefficient (Wildman–Crippen LogP) is 2.82. The Morgan fingerprint density at radius 1 is 1.39 bits per heavy atom. The van der Waals surface area contributed by atoms with Gasteiger partial charge in [0.15, 0.2) is 23.4 Å². The first-order valence-electron chi connectivity index (χ1n) is 8.54. The Hall–Kier alpha value is -3.20. The number of halogens is 2. The number of aromatic nitrogens is 3. The topological polar surface area (TPSA) is 100 Å². The Morgan fingerprint density at radius 2 is 2.18 bits per heavy atom. The number of hydrogen-bond donors (Lipinski definition) is 3. The molecule has 1 amide bonds. The normalized spacial score (nSPS) is 18.0. The zero-order valence-electron chi connectivity index (χ0n) is 14.7. The molecule has 4 rings (SSSR count). The second kappa shape index (κ2) is 7.08. The van der Waals surface area contributed by atoms with Gasteiger partial charge in [-0.25, -0.2) is 13.9 Å². The lowest BCUT2D eigenvalue weighted by atomic mass is 10.2. The molecular weight excluding hydrogens is 387 g/mol. The maximum atomic E-state index is 13.1. The van der Waals surface area contributed by atoms with E-state index in [4.69, 9.17) is 11.6 Å². The number of fused-ring (bicyclic) bond motifs is 1. The minimum atomic E-state index is -1.01. The van der Waals surface area contributed by atoms with Crippen molar-refractivity contribution in [3.05, 3.63) is 46.7 Å². The summed E-state index contributed by atoms with van der Waals surface area (Å²) in [4.78, 5) is 27.8. The standard InChI is InChI=1S/C18H16ClFN6O2/c1-21-13-6-15(23-11-4-2-3-9(8-27)16(11)19)25-26-14(7-22-17(13)26)18(28)24-12-5-10(12)20/h2-4,6-8,10,12,21H,5H2,1H3,(H,23,25)(H,24,28)/t10-,12+/m0/s1. The average Bonchev–Trinajstić information content (AvgIpc) is 3.21. The van der Waals surface area contributed by atoms with Crippen molar-refractivity contribution >= 4 is 46.6 Å². The number of anilines is 3. The van der Waals surface area contributed by atoms with Crippen molar-refractivity contribution in [1.82, 2.24) is 19.9 Å². The number of amides is 1. The van der Waals surface area contributed by atoms with Crippen LogP contribution in [0.3, 0.4) is 0 Å². The van der Waals surface area contributed by atoms with E-state index in [2.05, 4.69) is 26.0 Å². The van der Waals surface area contributed by atoms with Gasteiger partial charge in [-0.15, -0.1) is 5.10 Å². The molecule has 8 nitrogen and oxygen atoms in total. The molecule has 2 heterocycles. The van der Waals surface area contributed by atoms with E-state index in [1.54, 1.807) is 31.3 Å². The maximum absolute atomic E-state index is 13.1. The number of nitrogens with zero attached hydrogens (tertiary/aromatic N) is 3. The van der Waals surface area contributed by atoms with Gasteiger partial charge in [-0.3, -0.25) is 9.59 Å². The molecule has 2 aromatic heterocycles. The van der Waals surface area contributed by atoms with E-state index < -0.39 is 18.1 Å². The van der Waals surface area contributed by atoms with Gasteiger partial charge in [0.2, 0.25) is 0 Å². The van der Waals surface area contributed by atoms with Crippen molar-refractivity contribution in [2.45, 2.75) is 18.6 Å². The van der Waals surface area contributed by atoms with Crippen molar-refractivity contribution < 1.29 is 14.0 Å². The second-order valence-corrected chi connectivity index (χ2v) is 6.73. The number of carbonyl (C=O) groups excluding carboxylic acids is 2. The molecule has 2 atom stereocenters. The summed E-state index contributed by atoms with van der Waals surface area (Å²) in [5.41, 5.74) is 2.08. The van der Waals surface area contributed by atoms with Crippen molar-refractivity contribution in [2.75, 3.05) is 17.7 Å². The third kappa shape index (κ3) is 3.24. The van der Waals surface area contributed by atoms with E-state index >= 15 is 0 Å². The van der Waals surface area contributed by atoms with Crippen molar-refractivity contribution in [3.63, 3.8) is 0 Å². The molecule has 1 fully saturated rings. The number of nitrogens with one attached hydrogen (secondary N) is 3. The fourth-order valence-electron chi connectivity index (χ4n) is 2.80. The molecule has 0 aliphatic heterocycles. The zero-order chi connectivity index (χ0) is 19.8. The Balaban J connectivity index is 1.72. The summed E-state index contributed by atoms with van der Waals surface area (Å²) >= 11 is 6.23. The summed E-state index contributed by atoms with van der Waals surface area (Å²) in [6, 6.07) is 6.23. The highest BCUT2D eigenvalue weighted by molar-refractivity contribution is 6.35. The lowest BCUT2D eigenvalue weighted by molar-refractivity contribution is 0.0940. The van der Waals surface area contributed by atoms with E-state index in [0.29, 0.717) is 41.1 Å². The summed E-state index contributed by atoms with van der Waals surface area (Å²) in [6.07, 6.45) is 1.36. The minimum Gasteiger partial charge on any atom is -0.385 e. The smallest absolute Gasteiger partial charge is 0.271 e. The van der Waals surface area contributed by atoms with Crippen molar-refractivity contribution in [2.24, 2.45) is 0 Å². The highest BCUT2D eigenvalue weighted by Crippen LogP contribution is 2.29. The molecule has 1 aliphatic rings. The van der Waals surface area contributed by atoms with Crippen LogP contribution in [0.25, 0.3) is 5.65 Å². The number of alkyl halides is 1. The fraction of sp³-hybridized carbons (Fsp3) is 0.222. The van der Waals surface area contributed by atoms with Gasteiger partial charge in [-0.05, 0) is 6.07 Å². The predicted molar refractivity (Wildman–Crippen MR) is 103 cm³/mol. The number of carbonyl (C=O) groups is 2. The molecule has 0 unspecified atom stereocenters. The molecule has 0 saturated heterocycles. The quantitative estimate of drug-likeness (QED) is 0.548. The molecule has 28 heavy (non-hydrogen) atoms. The van der Waals surface area contributed by atoms with Crippen LogP contribution in [0, 0.1) is 0 Å². The SMILES string of the molecule is CNc1cc(Nc2cccc(C=O)c2Cl)nn2c(C(=O)N[C@@H]3C[C@@H]3F)cnc12. The van der Waals surface area contributed by atoms with Gasteiger partial charge in [-0.2, -0.15) is 0 Å². The molecule has 0 bridgehead atoms. The van der Waals surface area contributed by atoms with Gasteiger partial charge in [-0.1, -0.05) is 23.7 Å². The van der Waals surface area contributed by atoms with E-state index in [1.807, 2.05) is 0 Å². The number of hydrogen-bond acceptors (Lipinski definition) is 6. The van der Waals surface area contributed by atoms with Crippen LogP contribution in [-0.4, -0.2) is 46.1 Å². The lowest BCUT2D eigenvalue weighted by Crippen LogP contribution is -2.28. The average molecular weight is 403 g/mol. The first kappa shape index (κ1) is 18.2. The van der Waals surface area contributed by atoms with Crippen LogP contribution < -0.4 is 16.0 Å². The Morgan fingerprint density at radius 3 is 2.86 bits per heavy atom. The van der Waals surface area contributed by atoms with Gasteiger partial charge in [0.25, 0.3) is 5.91 Å². The summed E-state index contributed by atoms with van der Waals surface area (Å²) in [5.74, 6) is -0.0750. The summed E-state index contributed by atoms with van der Waals surface area (Å²) in [5, 5.41) is 13.3. The van der Waals surface area contributed by atoms with Crippen molar-refractivity contribution in [3.8, 4) is 0 Å². The highest BCUT2D eigenvalue weighted by Gasteiger charge is 2.39. The minimum absolute atomic E-state index is 0.182. The summed E-state index contributed by atoms with van der Waals surface area (Å²) in [6.45, 7) is 0. The molecule has 144 valence electrons. The number of imidazole rings is 1. The Bertz CT molecular complexity index is 1090. The van der Waals surface area contributed by atoms with Crippen LogP contribution in [0.2, 0.25) is 5.02 Å². The van der Waals surface area contributed by atoms with Crippen LogP contribution in [0.4, 0.5) is 21.6 Å². The van der Waals surface area contributed by atoms with Gasteiger partial charge in [0.1, 0.15) is 6.17 Å². The molecule has 1 aromatic carbocycles. The molecule has 10 heteroatoms. The Labute approximate surface area is 164 Å². The largest absolute Gasteiger partial charge is 0.385 e. The molecule has 3 aromatic rings. The van der Waals surface area contributed by atoms with E-state index in [9.17, 15) is 14.0 Å². The summed E-state index contributed by atoms with van der Waals surface area (Å²) < 4.78 is 14.5. The van der Waals surface area contributed by atoms with E-state index in [-0.39, 0.29) is 10.7 Å². The molecule has 0 spiro atoms. The second-order valence-electron chi connectivity index (χ2n) is 6.36. The molecular formula is C18H16ClFN6O2. The van der Waals surface area contributed by atoms with Crippen molar-refractivity contribution in [1.29, 1.82) is 0 Å². The molecule has 3 N–H and O–H groups in total. The zero-order valence-corrected chi connectivity index (χ0v) is 15.5. The highest BCUT2D eigenvalue weighted by atomic mass is 35.5. The Kier molecular flexibility index (Phi) is 4.60. The van der Waals surface area contributed by atoms with E-state index in [0.717, 1.165) is 0 Å². The third-order valence-corrected chi connectivity index (χ3v) is 4.84. The van der Waals surface area contributed by atoms with Gasteiger partial charge < -0.3 is 16.0 Å². The first-order chi connectivity index (χ1) is 13.5. The monoisotopic (exact) mass is 402 g/mol. The molecule has 1 aliphatic carbocycles. The first-order valence-corrected chi connectivity index (χ1v) is 8.91. The van der Waals surface area contributed by atoms with Crippen LogP contribution in [-0.2, 0) is 0 Å². The molecule has 0 radical (unpaired) electrons. The lowest BCUT2D eigenvalue weighted by Gasteiger charge is -2.12. The van der Waals surface area contributed by atoms with Crippen LogP contribution in [0.1, 0.15) is 27.3 Å². The summed E-state index contributed by atoms with van der Waals surface area (Å²) in [7, 11) is 1.71. The number of benzene rings is 1. The fourth-order valence-corrected chi connectivity index (χ4v) is 3.02. The van der Waals surface area contributed by atoms with Gasteiger partial charge in [0.05, 0.1) is 28.6 Å².